The van der Waals surface area contributed by atoms with Gasteiger partial charge in [-0.25, -0.2) is 4.99 Å². The highest BCUT2D eigenvalue weighted by atomic mass is 79.9. The molecule has 0 aromatic rings. The Bertz CT molecular complexity index is 139. The highest BCUT2D eigenvalue weighted by molar-refractivity contribution is 9.25. The van der Waals surface area contributed by atoms with E-state index in [0.717, 1.165) is 0 Å². The third-order valence-electron chi connectivity index (χ3n) is 0.714. The molecule has 0 fully saturated rings. The lowest BCUT2D eigenvalue weighted by molar-refractivity contribution is 1.04. The lowest BCUT2D eigenvalue weighted by Gasteiger charge is -2.12. The van der Waals surface area contributed by atoms with Gasteiger partial charge in [-0.3, -0.25) is 4.99 Å². The molecule has 1 rings (SSSR count). The van der Waals surface area contributed by atoms with Crippen LogP contribution < -0.4 is 0 Å². The summed E-state index contributed by atoms with van der Waals surface area (Å²) in [5.74, 6) is 0. The van der Waals surface area contributed by atoms with Crippen LogP contribution in [-0.2, 0) is 0 Å². The minimum atomic E-state index is -0.186. The third kappa shape index (κ3) is 1.67. The topological polar surface area (TPSA) is 24.7 Å². The van der Waals surface area contributed by atoms with Gasteiger partial charge in [0.05, 0.1) is 6.54 Å². The molecule has 1 aliphatic heterocycles. The summed E-state index contributed by atoms with van der Waals surface area (Å²) in [6, 6.07) is 0. The smallest absolute Gasteiger partial charge is 0.135 e. The number of hydrogen-bond acceptors (Lipinski definition) is 2. The average molecular weight is 240 g/mol. The maximum atomic E-state index is 3.91. The van der Waals surface area contributed by atoms with Crippen LogP contribution in [0.4, 0.5) is 0 Å². The first-order valence-electron chi connectivity index (χ1n) is 2.11. The van der Waals surface area contributed by atoms with Crippen LogP contribution in [0.15, 0.2) is 9.98 Å². The van der Waals surface area contributed by atoms with Crippen LogP contribution in [0.25, 0.3) is 0 Å². The van der Waals surface area contributed by atoms with Crippen molar-refractivity contribution in [3.05, 3.63) is 0 Å². The predicted octanol–water partition coefficient (Wildman–Crippen LogP) is 1.59. The van der Waals surface area contributed by atoms with Crippen LogP contribution >= 0.6 is 31.9 Å². The molecule has 1 heterocycles. The summed E-state index contributed by atoms with van der Waals surface area (Å²) in [4.78, 5) is 7.73. The van der Waals surface area contributed by atoms with E-state index in [-0.39, 0.29) is 3.23 Å². The maximum absolute atomic E-state index is 3.91. The molecule has 0 radical (unpaired) electrons. The largest absolute Gasteiger partial charge is 0.271 e. The van der Waals surface area contributed by atoms with Crippen molar-refractivity contribution >= 4 is 44.4 Å². The van der Waals surface area contributed by atoms with Crippen LogP contribution in [0.3, 0.4) is 0 Å². The molecule has 0 aromatic heterocycles. The second kappa shape index (κ2) is 2.27. The SMILES string of the molecule is BrC1(Br)C=NC=NC1. The van der Waals surface area contributed by atoms with Crippen LogP contribution in [0.1, 0.15) is 0 Å². The zero-order valence-electron chi connectivity index (χ0n) is 4.01. The molecule has 0 amide bonds. The standard InChI is InChI=1S/C4H4Br2N2/c5-4(6)1-7-3-8-2-4/h1,3H,2H2. The first kappa shape index (κ1) is 6.42. The van der Waals surface area contributed by atoms with E-state index in [1.807, 2.05) is 0 Å². The Morgan fingerprint density at radius 3 is 2.50 bits per heavy atom. The molecule has 8 heavy (non-hydrogen) atoms. The monoisotopic (exact) mass is 238 g/mol. The van der Waals surface area contributed by atoms with Crippen LogP contribution in [0, 0.1) is 0 Å². The molecule has 4 heteroatoms. The fourth-order valence-electron chi connectivity index (χ4n) is 0.393. The molecule has 0 N–H and O–H groups in total. The summed E-state index contributed by atoms with van der Waals surface area (Å²) in [5.41, 5.74) is 0. The van der Waals surface area contributed by atoms with Gasteiger partial charge in [0.1, 0.15) is 9.57 Å². The molecular weight excluding hydrogens is 236 g/mol. The van der Waals surface area contributed by atoms with Crippen molar-refractivity contribution in [3.63, 3.8) is 0 Å². The highest BCUT2D eigenvalue weighted by Crippen LogP contribution is 2.24. The minimum absolute atomic E-state index is 0.186. The van der Waals surface area contributed by atoms with Gasteiger partial charge in [0.15, 0.2) is 0 Å². The van der Waals surface area contributed by atoms with Crippen molar-refractivity contribution in [1.29, 1.82) is 0 Å². The van der Waals surface area contributed by atoms with Gasteiger partial charge in [0.2, 0.25) is 0 Å². The van der Waals surface area contributed by atoms with Crippen LogP contribution in [0.2, 0.25) is 0 Å². The van der Waals surface area contributed by atoms with E-state index in [4.69, 9.17) is 0 Å². The zero-order chi connectivity index (χ0) is 6.04. The molecular formula is C4H4Br2N2. The van der Waals surface area contributed by atoms with E-state index in [9.17, 15) is 0 Å². The van der Waals surface area contributed by atoms with E-state index in [0.29, 0.717) is 6.54 Å². The maximum Gasteiger partial charge on any atom is 0.135 e. The lowest BCUT2D eigenvalue weighted by atomic mass is 10.4. The van der Waals surface area contributed by atoms with E-state index in [1.165, 1.54) is 0 Å². The van der Waals surface area contributed by atoms with E-state index in [1.54, 1.807) is 12.6 Å². The molecule has 0 atom stereocenters. The fourth-order valence-corrected chi connectivity index (χ4v) is 0.919. The van der Waals surface area contributed by atoms with Crippen LogP contribution in [-0.4, -0.2) is 22.3 Å². The quantitative estimate of drug-likeness (QED) is 0.574. The first-order chi connectivity index (χ1) is 3.71. The number of hydrogen-bond donors (Lipinski definition) is 0. The first-order valence-corrected chi connectivity index (χ1v) is 3.70. The zero-order valence-corrected chi connectivity index (χ0v) is 7.18. The van der Waals surface area contributed by atoms with Crippen molar-refractivity contribution in [2.45, 2.75) is 3.23 Å². The molecule has 1 aliphatic rings. The van der Waals surface area contributed by atoms with Gasteiger partial charge in [0.25, 0.3) is 0 Å². The van der Waals surface area contributed by atoms with Gasteiger partial charge in [-0.2, -0.15) is 0 Å². The van der Waals surface area contributed by atoms with Gasteiger partial charge < -0.3 is 0 Å². The predicted molar refractivity (Wildman–Crippen MR) is 42.4 cm³/mol. The number of halogens is 2. The third-order valence-corrected chi connectivity index (χ3v) is 1.62. The Morgan fingerprint density at radius 1 is 1.50 bits per heavy atom. The van der Waals surface area contributed by atoms with Crippen molar-refractivity contribution in [2.24, 2.45) is 9.98 Å². The van der Waals surface area contributed by atoms with Gasteiger partial charge in [-0.1, -0.05) is 31.9 Å². The Morgan fingerprint density at radius 2 is 2.25 bits per heavy atom. The second-order valence-corrected chi connectivity index (χ2v) is 5.39. The second-order valence-electron chi connectivity index (χ2n) is 1.50. The molecule has 0 saturated heterocycles. The molecule has 0 saturated carbocycles. The number of aliphatic imine (C=N–C) groups is 2. The van der Waals surface area contributed by atoms with Crippen molar-refractivity contribution < 1.29 is 0 Å². The average Bonchev–Trinajstić information content (AvgIpc) is 1.65. The Kier molecular flexibility index (Phi) is 1.82. The number of alkyl halides is 2. The minimum Gasteiger partial charge on any atom is -0.271 e. The summed E-state index contributed by atoms with van der Waals surface area (Å²) in [6.45, 7) is 0.705. The Hall–Kier alpha value is 0.300. The van der Waals surface area contributed by atoms with Crippen LogP contribution in [0.5, 0.6) is 0 Å². The summed E-state index contributed by atoms with van der Waals surface area (Å²) in [7, 11) is 0. The van der Waals surface area contributed by atoms with Crippen molar-refractivity contribution in [3.8, 4) is 0 Å². The van der Waals surface area contributed by atoms with Crippen molar-refractivity contribution in [2.75, 3.05) is 6.54 Å². The molecule has 0 spiro atoms. The fraction of sp³-hybridized carbons (Fsp3) is 0.500. The summed E-state index contributed by atoms with van der Waals surface area (Å²) < 4.78 is -0.186. The van der Waals surface area contributed by atoms with Gasteiger partial charge >= 0.3 is 0 Å². The summed E-state index contributed by atoms with van der Waals surface area (Å²) in [5, 5.41) is 0. The van der Waals surface area contributed by atoms with E-state index in [2.05, 4.69) is 41.8 Å². The number of rotatable bonds is 0. The molecule has 0 unspecified atom stereocenters. The van der Waals surface area contributed by atoms with Crippen molar-refractivity contribution in [1.82, 2.24) is 0 Å². The summed E-state index contributed by atoms with van der Waals surface area (Å²) >= 11 is 6.69. The van der Waals surface area contributed by atoms with E-state index < -0.39 is 0 Å². The highest BCUT2D eigenvalue weighted by Gasteiger charge is 2.19. The Labute approximate surface area is 64.4 Å². The number of nitrogens with zero attached hydrogens (tertiary/aromatic N) is 2. The molecule has 0 aliphatic carbocycles. The van der Waals surface area contributed by atoms with E-state index >= 15 is 0 Å². The molecule has 0 bridgehead atoms. The lowest BCUT2D eigenvalue weighted by Crippen LogP contribution is -2.19. The normalized spacial score (nSPS) is 23.8. The van der Waals surface area contributed by atoms with Gasteiger partial charge in [-0.05, 0) is 0 Å². The molecule has 0 aromatic carbocycles. The molecule has 44 valence electrons. The van der Waals surface area contributed by atoms with Gasteiger partial charge in [-0.15, -0.1) is 0 Å². The molecule has 2 nitrogen and oxygen atoms in total. The van der Waals surface area contributed by atoms with Gasteiger partial charge in [0, 0.05) is 6.21 Å². The summed E-state index contributed by atoms with van der Waals surface area (Å²) in [6.07, 6.45) is 3.31. The Balaban J connectivity index is 2.65.